The molecule has 47 heavy (non-hydrogen) atoms. The van der Waals surface area contributed by atoms with E-state index in [1.165, 1.54) is 32.6 Å². The number of anilines is 1. The highest BCUT2D eigenvalue weighted by Gasteiger charge is 2.19. The van der Waals surface area contributed by atoms with Crippen LogP contribution in [0, 0.1) is 0 Å². The first-order valence-electron chi connectivity index (χ1n) is 15.3. The van der Waals surface area contributed by atoms with E-state index in [1.807, 2.05) is 41.1 Å². The molecule has 0 saturated carbocycles. The number of ether oxygens (including phenoxy) is 2. The maximum absolute atomic E-state index is 13.0. The Morgan fingerprint density at radius 2 is 1.66 bits per heavy atom. The minimum atomic E-state index is -0.355. The Kier molecular flexibility index (Phi) is 9.51. The van der Waals surface area contributed by atoms with E-state index in [9.17, 15) is 14.4 Å². The topological polar surface area (TPSA) is 106 Å². The molecule has 1 aliphatic rings. The van der Waals surface area contributed by atoms with Gasteiger partial charge in [0.25, 0.3) is 17.0 Å². The summed E-state index contributed by atoms with van der Waals surface area (Å²) in [4.78, 5) is 43.8. The molecule has 0 radical (unpaired) electrons. The second-order valence-electron chi connectivity index (χ2n) is 11.5. The van der Waals surface area contributed by atoms with Gasteiger partial charge in [-0.1, -0.05) is 24.3 Å². The number of carbonyl (C=O) groups excluding carboxylic acids is 1. The minimum absolute atomic E-state index is 0.170. The number of methoxy groups -OCH3 is 2. The van der Waals surface area contributed by atoms with Crippen LogP contribution >= 0.6 is 11.3 Å². The van der Waals surface area contributed by atoms with Gasteiger partial charge in [-0.3, -0.25) is 19.3 Å². The van der Waals surface area contributed by atoms with Crippen molar-refractivity contribution in [2.24, 2.45) is 7.05 Å². The summed E-state index contributed by atoms with van der Waals surface area (Å²) in [6, 6.07) is 20.9. The molecule has 0 atom stereocenters. The Hall–Kier alpha value is -5.19. The number of nitrogens with one attached hydrogen (secondary N) is 2. The standard InChI is InChI=1S/C37H36N4O5S/c1-40-32(19-26-14-17-47-23-26)36(43)39-31(37(40)44)18-25-4-8-27(9-5-25)35(42)38-30-10-6-24(7-11-30)12-15-41-16-13-28-20-33(45-2)34(46-3)21-29(28)22-41/h4-11,14,17-21,23H,12-13,15-16,22H2,1-3H3,(H,38,42)(H,39,43)/b31-18-,32-19-. The van der Waals surface area contributed by atoms with Crippen molar-refractivity contribution < 1.29 is 14.3 Å². The van der Waals surface area contributed by atoms with Gasteiger partial charge in [0, 0.05) is 37.9 Å². The highest BCUT2D eigenvalue weighted by molar-refractivity contribution is 7.08. The maximum atomic E-state index is 13.0. The summed E-state index contributed by atoms with van der Waals surface area (Å²) in [5, 5.41) is 7.22. The highest BCUT2D eigenvalue weighted by Crippen LogP contribution is 2.33. The van der Waals surface area contributed by atoms with Crippen molar-refractivity contribution in [1.82, 2.24) is 14.5 Å². The molecule has 240 valence electrons. The third-order valence-corrected chi connectivity index (χ3v) is 9.13. The predicted octanol–water partition coefficient (Wildman–Crippen LogP) is 3.66. The van der Waals surface area contributed by atoms with Gasteiger partial charge < -0.3 is 24.3 Å². The molecular formula is C37H36N4O5S. The summed E-state index contributed by atoms with van der Waals surface area (Å²) in [6.45, 7) is 2.79. The normalized spacial score (nSPS) is 13.8. The van der Waals surface area contributed by atoms with Gasteiger partial charge in [0.1, 0.15) is 10.7 Å². The van der Waals surface area contributed by atoms with Crippen molar-refractivity contribution in [2.45, 2.75) is 19.4 Å². The number of H-pyrrole nitrogens is 1. The van der Waals surface area contributed by atoms with Gasteiger partial charge in [0.2, 0.25) is 0 Å². The molecule has 3 aromatic carbocycles. The first-order chi connectivity index (χ1) is 22.8. The Bertz CT molecular complexity index is 2130. The molecule has 3 heterocycles. The Morgan fingerprint density at radius 3 is 2.34 bits per heavy atom. The van der Waals surface area contributed by atoms with Crippen molar-refractivity contribution in [1.29, 1.82) is 0 Å². The fraction of sp³-hybridized carbons (Fsp3) is 0.216. The van der Waals surface area contributed by atoms with Crippen molar-refractivity contribution in [3.05, 3.63) is 142 Å². The fourth-order valence-corrected chi connectivity index (χ4v) is 6.35. The van der Waals surface area contributed by atoms with Crippen LogP contribution in [0.2, 0.25) is 0 Å². The van der Waals surface area contributed by atoms with Crippen LogP contribution in [0.1, 0.15) is 38.2 Å². The van der Waals surface area contributed by atoms with E-state index in [0.717, 1.165) is 49.5 Å². The molecule has 5 aromatic rings. The Balaban J connectivity index is 1.06. The number of aromatic nitrogens is 2. The van der Waals surface area contributed by atoms with Crippen molar-refractivity contribution in [2.75, 3.05) is 32.6 Å². The van der Waals surface area contributed by atoms with Crippen LogP contribution in [-0.2, 0) is 26.4 Å². The summed E-state index contributed by atoms with van der Waals surface area (Å²) >= 11 is 1.52. The second-order valence-corrected chi connectivity index (χ2v) is 12.3. The Morgan fingerprint density at radius 1 is 0.936 bits per heavy atom. The lowest BCUT2D eigenvalue weighted by Crippen LogP contribution is -2.52. The van der Waals surface area contributed by atoms with E-state index in [0.29, 0.717) is 16.8 Å². The lowest BCUT2D eigenvalue weighted by molar-refractivity contribution is 0.102. The minimum Gasteiger partial charge on any atom is -0.493 e. The molecule has 6 rings (SSSR count). The Labute approximate surface area is 276 Å². The first kappa shape index (κ1) is 31.8. The van der Waals surface area contributed by atoms with Gasteiger partial charge in [0.05, 0.1) is 14.2 Å². The number of hydrogen-bond acceptors (Lipinski definition) is 7. The molecule has 0 spiro atoms. The number of amides is 1. The number of nitrogens with zero attached hydrogens (tertiary/aromatic N) is 2. The van der Waals surface area contributed by atoms with Gasteiger partial charge in [-0.15, -0.1) is 0 Å². The maximum Gasteiger partial charge on any atom is 0.274 e. The number of hydrogen-bond donors (Lipinski definition) is 2. The molecule has 9 nitrogen and oxygen atoms in total. The third-order valence-electron chi connectivity index (χ3n) is 8.43. The molecule has 2 aromatic heterocycles. The average Bonchev–Trinajstić information content (AvgIpc) is 3.61. The van der Waals surface area contributed by atoms with Crippen molar-refractivity contribution >= 4 is 35.1 Å². The first-order valence-corrected chi connectivity index (χ1v) is 16.3. The molecule has 2 N–H and O–H groups in total. The van der Waals surface area contributed by atoms with Crippen LogP contribution in [0.5, 0.6) is 11.5 Å². The summed E-state index contributed by atoms with van der Waals surface area (Å²) in [5.41, 5.74) is 5.84. The predicted molar refractivity (Wildman–Crippen MR) is 186 cm³/mol. The zero-order valence-corrected chi connectivity index (χ0v) is 27.4. The molecule has 0 saturated heterocycles. The summed E-state index contributed by atoms with van der Waals surface area (Å²) in [7, 11) is 4.91. The summed E-state index contributed by atoms with van der Waals surface area (Å²) in [5.74, 6) is 1.30. The molecule has 1 amide bonds. The van der Waals surface area contributed by atoms with E-state index < -0.39 is 0 Å². The van der Waals surface area contributed by atoms with Gasteiger partial charge in [-0.2, -0.15) is 11.3 Å². The smallest absolute Gasteiger partial charge is 0.274 e. The fourth-order valence-electron chi connectivity index (χ4n) is 5.73. The molecule has 0 aliphatic carbocycles. The van der Waals surface area contributed by atoms with Gasteiger partial charge in [-0.25, -0.2) is 0 Å². The number of carbonyl (C=O) groups is 1. The van der Waals surface area contributed by atoms with Crippen molar-refractivity contribution in [3.8, 4) is 11.5 Å². The van der Waals surface area contributed by atoms with E-state index in [1.54, 1.807) is 57.7 Å². The van der Waals surface area contributed by atoms with Gasteiger partial charge in [-0.05, 0) is 106 Å². The largest absolute Gasteiger partial charge is 0.493 e. The van der Waals surface area contributed by atoms with E-state index in [4.69, 9.17) is 9.47 Å². The van der Waals surface area contributed by atoms with Crippen LogP contribution in [0.15, 0.2) is 87.1 Å². The zero-order chi connectivity index (χ0) is 32.9. The van der Waals surface area contributed by atoms with Crippen LogP contribution < -0.4 is 36.6 Å². The number of aromatic amines is 1. The SMILES string of the molecule is COc1cc2c(cc1OC)CN(CCc1ccc(NC(=O)c3ccc(/C=c4\[nH]c(=O)/c(=C/c5ccsc5)n(C)c4=O)cc3)cc1)CC2. The zero-order valence-electron chi connectivity index (χ0n) is 26.5. The number of benzene rings is 3. The van der Waals surface area contributed by atoms with E-state index in [2.05, 4.69) is 27.3 Å². The molecule has 0 fully saturated rings. The van der Waals surface area contributed by atoms with E-state index in [-0.39, 0.29) is 27.7 Å². The molecule has 10 heteroatoms. The number of rotatable bonds is 9. The molecule has 0 bridgehead atoms. The molecule has 0 unspecified atom stereocenters. The van der Waals surface area contributed by atoms with E-state index >= 15 is 0 Å². The monoisotopic (exact) mass is 648 g/mol. The highest BCUT2D eigenvalue weighted by atomic mass is 32.1. The van der Waals surface area contributed by atoms with Gasteiger partial charge in [0.15, 0.2) is 11.5 Å². The van der Waals surface area contributed by atoms with Crippen molar-refractivity contribution in [3.63, 3.8) is 0 Å². The van der Waals surface area contributed by atoms with Crippen LogP contribution in [0.4, 0.5) is 5.69 Å². The molecular weight excluding hydrogens is 612 g/mol. The lowest BCUT2D eigenvalue weighted by Gasteiger charge is -2.29. The summed E-state index contributed by atoms with van der Waals surface area (Å²) < 4.78 is 12.3. The number of thiophene rings is 1. The van der Waals surface area contributed by atoms with Crippen LogP contribution in [-0.4, -0.2) is 47.7 Å². The van der Waals surface area contributed by atoms with Crippen LogP contribution in [0.25, 0.3) is 12.2 Å². The quantitative estimate of drug-likeness (QED) is 0.253. The average molecular weight is 649 g/mol. The van der Waals surface area contributed by atoms with Gasteiger partial charge >= 0.3 is 0 Å². The lowest BCUT2D eigenvalue weighted by atomic mass is 9.98. The molecule has 1 aliphatic heterocycles. The van der Waals surface area contributed by atoms with Crippen LogP contribution in [0.3, 0.4) is 0 Å². The third kappa shape index (κ3) is 7.29. The number of fused-ring (bicyclic) bond motifs is 1. The second kappa shape index (κ2) is 14.1. The summed E-state index contributed by atoms with van der Waals surface area (Å²) in [6.07, 6.45) is 5.17.